The number of nitro groups is 1. The van der Waals surface area contributed by atoms with E-state index in [9.17, 15) is 23.7 Å². The van der Waals surface area contributed by atoms with E-state index < -0.39 is 34.4 Å². The summed E-state index contributed by atoms with van der Waals surface area (Å²) in [5.74, 6) is -0.730. The molecule has 0 bridgehead atoms. The number of nitrogens with one attached hydrogen (secondary N) is 1. The second-order valence-electron chi connectivity index (χ2n) is 5.12. The zero-order valence-electron chi connectivity index (χ0n) is 13.6. The van der Waals surface area contributed by atoms with Crippen molar-refractivity contribution in [2.24, 2.45) is 0 Å². The molecule has 0 aliphatic carbocycles. The molecule has 0 atom stereocenters. The minimum absolute atomic E-state index is 0.192. The Kier molecular flexibility index (Phi) is 5.12. The Morgan fingerprint density at radius 1 is 1.30 bits per heavy atom. The zero-order chi connectivity index (χ0) is 19.6. The standard InChI is InChI=1S/C16H11F2N3O5S/c1-25-9-3-4-11-13(7-9)27-16(19-11)20-14(22)10-6-8(21(23)24)2-5-12(10)26-15(17)18/h2-7,15H,1H3,(H,19,20,22). The first-order valence-corrected chi connectivity index (χ1v) is 8.18. The van der Waals surface area contributed by atoms with Gasteiger partial charge in [0.1, 0.15) is 11.5 Å². The fourth-order valence-corrected chi connectivity index (χ4v) is 3.15. The number of rotatable bonds is 6. The number of benzene rings is 2. The quantitative estimate of drug-likeness (QED) is 0.498. The van der Waals surface area contributed by atoms with E-state index in [-0.39, 0.29) is 5.13 Å². The first-order chi connectivity index (χ1) is 12.9. The Balaban J connectivity index is 1.92. The van der Waals surface area contributed by atoms with Gasteiger partial charge in [-0.15, -0.1) is 0 Å². The van der Waals surface area contributed by atoms with E-state index in [0.29, 0.717) is 11.3 Å². The zero-order valence-corrected chi connectivity index (χ0v) is 14.5. The lowest BCUT2D eigenvalue weighted by Gasteiger charge is -2.09. The summed E-state index contributed by atoms with van der Waals surface area (Å²) in [6, 6.07) is 7.90. The van der Waals surface area contributed by atoms with Crippen LogP contribution in [0.3, 0.4) is 0 Å². The second kappa shape index (κ2) is 7.50. The van der Waals surface area contributed by atoms with E-state index in [1.54, 1.807) is 18.2 Å². The number of carbonyl (C=O) groups excluding carboxylic acids is 1. The molecule has 3 aromatic rings. The summed E-state index contributed by atoms with van der Waals surface area (Å²) in [7, 11) is 1.51. The van der Waals surface area contributed by atoms with Gasteiger partial charge in [0.25, 0.3) is 11.6 Å². The molecule has 1 amide bonds. The molecule has 27 heavy (non-hydrogen) atoms. The normalized spacial score (nSPS) is 10.8. The number of fused-ring (bicyclic) bond motifs is 1. The number of halogens is 2. The maximum atomic E-state index is 12.6. The number of thiazole rings is 1. The molecule has 140 valence electrons. The average Bonchev–Trinajstić information content (AvgIpc) is 3.02. The number of hydrogen-bond acceptors (Lipinski definition) is 7. The molecule has 0 saturated carbocycles. The van der Waals surface area contributed by atoms with Crippen LogP contribution < -0.4 is 14.8 Å². The Labute approximate surface area is 154 Å². The van der Waals surface area contributed by atoms with Gasteiger partial charge in [-0.2, -0.15) is 8.78 Å². The van der Waals surface area contributed by atoms with E-state index in [1.165, 1.54) is 7.11 Å². The Morgan fingerprint density at radius 2 is 2.07 bits per heavy atom. The fourth-order valence-electron chi connectivity index (χ4n) is 2.26. The number of anilines is 1. The average molecular weight is 395 g/mol. The van der Waals surface area contributed by atoms with E-state index in [2.05, 4.69) is 15.0 Å². The van der Waals surface area contributed by atoms with Crippen molar-refractivity contribution >= 4 is 38.3 Å². The Bertz CT molecular complexity index is 1020. The van der Waals surface area contributed by atoms with Crippen molar-refractivity contribution in [1.82, 2.24) is 4.98 Å². The molecule has 0 saturated heterocycles. The van der Waals surface area contributed by atoms with Crippen molar-refractivity contribution in [3.8, 4) is 11.5 Å². The van der Waals surface area contributed by atoms with E-state index >= 15 is 0 Å². The highest BCUT2D eigenvalue weighted by atomic mass is 32.1. The lowest BCUT2D eigenvalue weighted by molar-refractivity contribution is -0.384. The van der Waals surface area contributed by atoms with Crippen LogP contribution in [0.4, 0.5) is 19.6 Å². The summed E-state index contributed by atoms with van der Waals surface area (Å²) in [6.07, 6.45) is 0. The first-order valence-electron chi connectivity index (χ1n) is 7.36. The highest BCUT2D eigenvalue weighted by molar-refractivity contribution is 7.22. The van der Waals surface area contributed by atoms with Gasteiger partial charge in [0.2, 0.25) is 0 Å². The maximum absolute atomic E-state index is 12.6. The van der Waals surface area contributed by atoms with E-state index in [0.717, 1.165) is 34.2 Å². The van der Waals surface area contributed by atoms with Crippen molar-refractivity contribution < 1.29 is 28.0 Å². The van der Waals surface area contributed by atoms with E-state index in [1.807, 2.05) is 0 Å². The van der Waals surface area contributed by atoms with Gasteiger partial charge in [-0.1, -0.05) is 11.3 Å². The second-order valence-corrected chi connectivity index (χ2v) is 6.15. The molecule has 1 heterocycles. The van der Waals surface area contributed by atoms with Crippen molar-refractivity contribution in [2.45, 2.75) is 6.61 Å². The van der Waals surface area contributed by atoms with Crippen LogP contribution in [0.2, 0.25) is 0 Å². The maximum Gasteiger partial charge on any atom is 0.387 e. The third-order valence-electron chi connectivity index (χ3n) is 3.45. The van der Waals surface area contributed by atoms with E-state index in [4.69, 9.17) is 4.74 Å². The van der Waals surface area contributed by atoms with Crippen LogP contribution in [-0.4, -0.2) is 29.5 Å². The van der Waals surface area contributed by atoms with Crippen LogP contribution >= 0.6 is 11.3 Å². The van der Waals surface area contributed by atoms with Gasteiger partial charge in [0, 0.05) is 12.1 Å². The molecule has 0 unspecified atom stereocenters. The minimum atomic E-state index is -3.19. The molecule has 1 aromatic heterocycles. The molecular formula is C16H11F2N3O5S. The molecule has 0 aliphatic rings. The molecule has 0 radical (unpaired) electrons. The Hall–Kier alpha value is -3.34. The largest absolute Gasteiger partial charge is 0.497 e. The lowest BCUT2D eigenvalue weighted by atomic mass is 10.1. The lowest BCUT2D eigenvalue weighted by Crippen LogP contribution is -2.15. The molecule has 11 heteroatoms. The number of nitro benzene ring substituents is 1. The summed E-state index contributed by atoms with van der Waals surface area (Å²) < 4.78 is 35.2. The third-order valence-corrected chi connectivity index (χ3v) is 4.38. The molecular weight excluding hydrogens is 384 g/mol. The SMILES string of the molecule is COc1ccc2nc(NC(=O)c3cc([N+](=O)[O-])ccc3OC(F)F)sc2c1. The van der Waals surface area contributed by atoms with Crippen molar-refractivity contribution in [2.75, 3.05) is 12.4 Å². The molecule has 0 spiro atoms. The van der Waals surface area contributed by atoms with Crippen molar-refractivity contribution in [3.63, 3.8) is 0 Å². The predicted molar refractivity (Wildman–Crippen MR) is 93.9 cm³/mol. The van der Waals surface area contributed by atoms with Crippen molar-refractivity contribution in [1.29, 1.82) is 0 Å². The van der Waals surface area contributed by atoms with Gasteiger partial charge in [0.05, 0.1) is 27.8 Å². The number of alkyl halides is 2. The third kappa shape index (κ3) is 4.08. The number of amides is 1. The summed E-state index contributed by atoms with van der Waals surface area (Å²) in [6.45, 7) is -3.19. The monoisotopic (exact) mass is 395 g/mol. The molecule has 2 aromatic carbocycles. The highest BCUT2D eigenvalue weighted by Crippen LogP contribution is 2.31. The molecule has 0 fully saturated rings. The summed E-state index contributed by atoms with van der Waals surface area (Å²) in [4.78, 5) is 26.8. The highest BCUT2D eigenvalue weighted by Gasteiger charge is 2.21. The van der Waals surface area contributed by atoms with Gasteiger partial charge >= 0.3 is 6.61 Å². The van der Waals surface area contributed by atoms with Gasteiger partial charge < -0.3 is 9.47 Å². The van der Waals surface area contributed by atoms with Crippen LogP contribution in [0.5, 0.6) is 11.5 Å². The van der Waals surface area contributed by atoms with Gasteiger partial charge in [-0.3, -0.25) is 20.2 Å². The number of non-ortho nitro benzene ring substituents is 1. The topological polar surface area (TPSA) is 104 Å². The van der Waals surface area contributed by atoms with Crippen LogP contribution in [0.25, 0.3) is 10.2 Å². The van der Waals surface area contributed by atoms with Crippen LogP contribution in [-0.2, 0) is 0 Å². The van der Waals surface area contributed by atoms with Gasteiger partial charge in [-0.25, -0.2) is 4.98 Å². The van der Waals surface area contributed by atoms with Crippen molar-refractivity contribution in [3.05, 3.63) is 52.1 Å². The number of nitrogens with zero attached hydrogens (tertiary/aromatic N) is 2. The van der Waals surface area contributed by atoms with Gasteiger partial charge in [0.15, 0.2) is 5.13 Å². The summed E-state index contributed by atoms with van der Waals surface area (Å²) in [5.41, 5.74) is -0.240. The fraction of sp³-hybridized carbons (Fsp3) is 0.125. The first kappa shape index (κ1) is 18.5. The number of hydrogen-bond donors (Lipinski definition) is 1. The van der Waals surface area contributed by atoms with Crippen LogP contribution in [0.1, 0.15) is 10.4 Å². The summed E-state index contributed by atoms with van der Waals surface area (Å²) >= 11 is 1.13. The molecule has 8 nitrogen and oxygen atoms in total. The van der Waals surface area contributed by atoms with Gasteiger partial charge in [-0.05, 0) is 24.3 Å². The van der Waals surface area contributed by atoms with Crippen LogP contribution in [0.15, 0.2) is 36.4 Å². The molecule has 1 N–H and O–H groups in total. The Morgan fingerprint density at radius 3 is 2.74 bits per heavy atom. The number of aromatic nitrogens is 1. The summed E-state index contributed by atoms with van der Waals surface area (Å²) in [5, 5.41) is 13.5. The number of carbonyl (C=O) groups is 1. The smallest absolute Gasteiger partial charge is 0.387 e. The van der Waals surface area contributed by atoms with Crippen LogP contribution in [0, 0.1) is 10.1 Å². The molecule has 3 rings (SSSR count). The predicted octanol–water partition coefficient (Wildman–Crippen LogP) is 4.07. The number of methoxy groups -OCH3 is 1. The minimum Gasteiger partial charge on any atom is -0.497 e. The molecule has 0 aliphatic heterocycles. The number of ether oxygens (including phenoxy) is 2.